The lowest BCUT2D eigenvalue weighted by Gasteiger charge is -2.02. The van der Waals surface area contributed by atoms with E-state index in [9.17, 15) is 0 Å². The summed E-state index contributed by atoms with van der Waals surface area (Å²) in [5.41, 5.74) is 2.55. The van der Waals surface area contributed by atoms with Gasteiger partial charge in [0.15, 0.2) is 0 Å². The normalized spacial score (nSPS) is 9.57. The van der Waals surface area contributed by atoms with Crippen LogP contribution in [0.1, 0.15) is 0 Å². The van der Waals surface area contributed by atoms with Crippen LogP contribution in [0.25, 0.3) is 11.1 Å². The standard InChI is InChI=1S/C12H10.C8H14O3/c1-3-7-11(8-4-1)12-9-5-2-6-10-12;1-3-5-9-7-11-8-10-6-4-2/h1-10H;3-4H,1-2,5-8H2. The van der Waals surface area contributed by atoms with E-state index in [0.29, 0.717) is 13.2 Å². The molecule has 0 aliphatic heterocycles. The van der Waals surface area contributed by atoms with E-state index in [0.717, 1.165) is 0 Å². The number of benzene rings is 2. The van der Waals surface area contributed by atoms with Crippen LogP contribution in [0.2, 0.25) is 0 Å². The third kappa shape index (κ3) is 9.42. The zero-order valence-corrected chi connectivity index (χ0v) is 13.4. The van der Waals surface area contributed by atoms with Gasteiger partial charge in [-0.15, -0.1) is 13.2 Å². The molecular formula is C20H24O3. The largest absolute Gasteiger partial charge is 0.351 e. The first-order valence-corrected chi connectivity index (χ1v) is 7.44. The van der Waals surface area contributed by atoms with Crippen molar-refractivity contribution in [3.63, 3.8) is 0 Å². The topological polar surface area (TPSA) is 27.7 Å². The summed E-state index contributed by atoms with van der Waals surface area (Å²) >= 11 is 0. The fraction of sp³-hybridized carbons (Fsp3) is 0.200. The van der Waals surface area contributed by atoms with Crippen LogP contribution in [0.15, 0.2) is 86.0 Å². The summed E-state index contributed by atoms with van der Waals surface area (Å²) in [6.45, 7) is 8.45. The van der Waals surface area contributed by atoms with Crippen molar-refractivity contribution < 1.29 is 14.2 Å². The Morgan fingerprint density at radius 2 is 1.00 bits per heavy atom. The van der Waals surface area contributed by atoms with Gasteiger partial charge in [-0.3, -0.25) is 0 Å². The Kier molecular flexibility index (Phi) is 11.0. The van der Waals surface area contributed by atoms with Crippen molar-refractivity contribution >= 4 is 0 Å². The van der Waals surface area contributed by atoms with Crippen molar-refractivity contribution in [1.82, 2.24) is 0 Å². The van der Waals surface area contributed by atoms with Gasteiger partial charge in [0.25, 0.3) is 0 Å². The summed E-state index contributed by atoms with van der Waals surface area (Å²) in [6.07, 6.45) is 3.32. The minimum Gasteiger partial charge on any atom is -0.351 e. The van der Waals surface area contributed by atoms with E-state index in [1.54, 1.807) is 12.2 Å². The molecular weight excluding hydrogens is 288 g/mol. The molecule has 0 saturated carbocycles. The summed E-state index contributed by atoms with van der Waals surface area (Å²) in [6, 6.07) is 20.8. The first kappa shape index (κ1) is 18.8. The van der Waals surface area contributed by atoms with Crippen molar-refractivity contribution in [3.05, 3.63) is 86.0 Å². The molecule has 2 aromatic rings. The van der Waals surface area contributed by atoms with Crippen LogP contribution in [-0.4, -0.2) is 26.8 Å². The highest BCUT2D eigenvalue weighted by Gasteiger charge is 1.91. The van der Waals surface area contributed by atoms with E-state index in [1.807, 2.05) is 12.1 Å². The Hall–Kier alpha value is -2.20. The van der Waals surface area contributed by atoms with Gasteiger partial charge in [0.1, 0.15) is 13.6 Å². The number of rotatable bonds is 9. The Morgan fingerprint density at radius 1 is 0.609 bits per heavy atom. The Morgan fingerprint density at radius 3 is 1.35 bits per heavy atom. The summed E-state index contributed by atoms with van der Waals surface area (Å²) in [5, 5.41) is 0. The molecule has 23 heavy (non-hydrogen) atoms. The summed E-state index contributed by atoms with van der Waals surface area (Å²) in [4.78, 5) is 0. The maximum absolute atomic E-state index is 4.92. The van der Waals surface area contributed by atoms with E-state index in [1.165, 1.54) is 11.1 Å². The number of ether oxygens (including phenoxy) is 3. The molecule has 3 nitrogen and oxygen atoms in total. The quantitative estimate of drug-likeness (QED) is 0.382. The van der Waals surface area contributed by atoms with Crippen LogP contribution < -0.4 is 0 Å². The van der Waals surface area contributed by atoms with Gasteiger partial charge in [0.05, 0.1) is 13.2 Å². The van der Waals surface area contributed by atoms with Gasteiger partial charge in [-0.05, 0) is 11.1 Å². The summed E-state index contributed by atoms with van der Waals surface area (Å²) < 4.78 is 14.7. The Bertz CT molecular complexity index is 474. The predicted octanol–water partition coefficient (Wildman–Crippen LogP) is 4.68. The molecule has 2 aromatic carbocycles. The predicted molar refractivity (Wildman–Crippen MR) is 95.0 cm³/mol. The van der Waals surface area contributed by atoms with Gasteiger partial charge < -0.3 is 14.2 Å². The Balaban J connectivity index is 0.000000232. The van der Waals surface area contributed by atoms with E-state index in [4.69, 9.17) is 14.2 Å². The molecule has 0 radical (unpaired) electrons. The second-order valence-corrected chi connectivity index (χ2v) is 4.49. The molecule has 0 fully saturated rings. The van der Waals surface area contributed by atoms with Crippen molar-refractivity contribution in [3.8, 4) is 11.1 Å². The molecule has 0 aliphatic rings. The Labute approximate surface area is 138 Å². The van der Waals surface area contributed by atoms with Gasteiger partial charge in [0.2, 0.25) is 0 Å². The van der Waals surface area contributed by atoms with Gasteiger partial charge in [-0.1, -0.05) is 72.8 Å². The van der Waals surface area contributed by atoms with Gasteiger partial charge in [-0.2, -0.15) is 0 Å². The van der Waals surface area contributed by atoms with Crippen molar-refractivity contribution in [2.24, 2.45) is 0 Å². The molecule has 0 unspecified atom stereocenters. The number of hydrogen-bond acceptors (Lipinski definition) is 3. The van der Waals surface area contributed by atoms with Gasteiger partial charge >= 0.3 is 0 Å². The average molecular weight is 312 g/mol. The molecule has 2 rings (SSSR count). The lowest BCUT2D eigenvalue weighted by molar-refractivity contribution is -0.121. The maximum atomic E-state index is 4.92. The second kappa shape index (κ2) is 13.5. The molecule has 0 aliphatic carbocycles. The molecule has 0 bridgehead atoms. The first-order chi connectivity index (χ1) is 11.4. The highest BCUT2D eigenvalue weighted by molar-refractivity contribution is 5.62. The van der Waals surface area contributed by atoms with Crippen molar-refractivity contribution in [2.75, 3.05) is 26.8 Å². The highest BCUT2D eigenvalue weighted by Crippen LogP contribution is 2.17. The molecule has 3 heteroatoms. The fourth-order valence-electron chi connectivity index (χ4n) is 1.68. The monoisotopic (exact) mass is 312 g/mol. The number of hydrogen-bond donors (Lipinski definition) is 0. The molecule has 0 N–H and O–H groups in total. The van der Waals surface area contributed by atoms with Crippen LogP contribution in [0.5, 0.6) is 0 Å². The van der Waals surface area contributed by atoms with Crippen molar-refractivity contribution in [2.45, 2.75) is 0 Å². The lowest BCUT2D eigenvalue weighted by atomic mass is 10.1. The van der Waals surface area contributed by atoms with Crippen LogP contribution in [0.3, 0.4) is 0 Å². The highest BCUT2D eigenvalue weighted by atomic mass is 16.7. The van der Waals surface area contributed by atoms with Crippen molar-refractivity contribution in [1.29, 1.82) is 0 Å². The molecule has 0 saturated heterocycles. The van der Waals surface area contributed by atoms with E-state index >= 15 is 0 Å². The summed E-state index contributed by atoms with van der Waals surface area (Å²) in [7, 11) is 0. The van der Waals surface area contributed by atoms with E-state index in [2.05, 4.69) is 61.7 Å². The first-order valence-electron chi connectivity index (χ1n) is 7.44. The minimum atomic E-state index is 0.239. The SMILES string of the molecule is C=CCOCOCOCC=C.c1ccc(-c2ccccc2)cc1. The van der Waals surface area contributed by atoms with Gasteiger partial charge in [-0.25, -0.2) is 0 Å². The molecule has 0 amide bonds. The van der Waals surface area contributed by atoms with Gasteiger partial charge in [0, 0.05) is 0 Å². The lowest BCUT2D eigenvalue weighted by Crippen LogP contribution is -2.04. The van der Waals surface area contributed by atoms with Crippen LogP contribution in [0, 0.1) is 0 Å². The minimum absolute atomic E-state index is 0.239. The smallest absolute Gasteiger partial charge is 0.150 e. The molecule has 0 spiro atoms. The van der Waals surface area contributed by atoms with E-state index < -0.39 is 0 Å². The van der Waals surface area contributed by atoms with E-state index in [-0.39, 0.29) is 13.6 Å². The molecule has 0 heterocycles. The fourth-order valence-corrected chi connectivity index (χ4v) is 1.68. The average Bonchev–Trinajstić information content (AvgIpc) is 2.63. The molecule has 0 atom stereocenters. The van der Waals surface area contributed by atoms with Crippen LogP contribution in [0.4, 0.5) is 0 Å². The zero-order valence-electron chi connectivity index (χ0n) is 13.4. The second-order valence-electron chi connectivity index (χ2n) is 4.49. The third-order valence-electron chi connectivity index (χ3n) is 2.69. The van der Waals surface area contributed by atoms with Crippen LogP contribution in [-0.2, 0) is 14.2 Å². The molecule has 0 aromatic heterocycles. The summed E-state index contributed by atoms with van der Waals surface area (Å²) in [5.74, 6) is 0. The molecule has 122 valence electrons. The van der Waals surface area contributed by atoms with Crippen LogP contribution >= 0.6 is 0 Å². The maximum Gasteiger partial charge on any atom is 0.150 e. The zero-order chi connectivity index (χ0) is 16.6. The third-order valence-corrected chi connectivity index (χ3v) is 2.69.